The third-order valence-electron chi connectivity index (χ3n) is 5.43. The number of nitrogens with zero attached hydrogens (tertiary/aromatic N) is 7. The molecule has 1 saturated heterocycles. The first-order valence-electron chi connectivity index (χ1n) is 10.2. The molecule has 9 heteroatoms. The summed E-state index contributed by atoms with van der Waals surface area (Å²) >= 11 is 0. The summed E-state index contributed by atoms with van der Waals surface area (Å²) < 4.78 is 1.60. The molecule has 31 heavy (non-hydrogen) atoms. The van der Waals surface area contributed by atoms with Crippen LogP contribution < -0.4 is 4.90 Å². The van der Waals surface area contributed by atoms with Gasteiger partial charge in [-0.1, -0.05) is 36.4 Å². The highest BCUT2D eigenvalue weighted by Gasteiger charge is 2.24. The molecule has 2 heterocycles. The van der Waals surface area contributed by atoms with E-state index < -0.39 is 0 Å². The summed E-state index contributed by atoms with van der Waals surface area (Å²) in [4.78, 5) is 15.9. The summed E-state index contributed by atoms with van der Waals surface area (Å²) in [6.07, 6.45) is 1.60. The maximum absolute atomic E-state index is 11.8. The van der Waals surface area contributed by atoms with Gasteiger partial charge in [-0.2, -0.15) is 5.10 Å². The Hall–Kier alpha value is -3.59. The fraction of sp³-hybridized carbons (Fsp3) is 0.318. The maximum Gasteiger partial charge on any atom is 0.293 e. The zero-order chi connectivity index (χ0) is 21.8. The van der Waals surface area contributed by atoms with Gasteiger partial charge in [0.1, 0.15) is 5.69 Å². The van der Waals surface area contributed by atoms with E-state index >= 15 is 0 Å². The minimum atomic E-state index is -0.321. The summed E-state index contributed by atoms with van der Waals surface area (Å²) in [5.74, 6) is 1.32. The van der Waals surface area contributed by atoms with Gasteiger partial charge in [-0.05, 0) is 25.5 Å². The lowest BCUT2D eigenvalue weighted by Gasteiger charge is -2.35. The van der Waals surface area contributed by atoms with E-state index in [9.17, 15) is 10.1 Å². The molecule has 0 atom stereocenters. The highest BCUT2D eigenvalue weighted by Crippen LogP contribution is 2.30. The van der Waals surface area contributed by atoms with E-state index in [1.165, 1.54) is 5.56 Å². The fourth-order valence-electron chi connectivity index (χ4n) is 3.78. The highest BCUT2D eigenvalue weighted by atomic mass is 16.6. The van der Waals surface area contributed by atoms with Gasteiger partial charge in [0.25, 0.3) is 5.69 Å². The third kappa shape index (κ3) is 4.77. The molecule has 1 aliphatic rings. The van der Waals surface area contributed by atoms with Crippen molar-refractivity contribution in [1.82, 2.24) is 19.8 Å². The summed E-state index contributed by atoms with van der Waals surface area (Å²) in [7, 11) is 0. The van der Waals surface area contributed by atoms with E-state index in [1.54, 1.807) is 30.8 Å². The van der Waals surface area contributed by atoms with Crippen LogP contribution in [0, 0.1) is 24.0 Å². The van der Waals surface area contributed by atoms with Gasteiger partial charge >= 0.3 is 0 Å². The lowest BCUT2D eigenvalue weighted by Crippen LogP contribution is -2.46. The van der Waals surface area contributed by atoms with Crippen LogP contribution in [0.3, 0.4) is 0 Å². The van der Waals surface area contributed by atoms with Crippen molar-refractivity contribution < 1.29 is 4.92 Å². The third-order valence-corrected chi connectivity index (χ3v) is 5.43. The SMILES string of the molecule is Cc1nnc(C)n1/N=C/c1ccc(N2CCN(Cc3ccccc3)CC2)c([N+](=O)[O-])c1. The minimum absolute atomic E-state index is 0.0951. The number of piperazine rings is 1. The molecule has 0 saturated carbocycles. The zero-order valence-corrected chi connectivity index (χ0v) is 17.7. The van der Waals surface area contributed by atoms with Gasteiger partial charge in [0.05, 0.1) is 11.1 Å². The summed E-state index contributed by atoms with van der Waals surface area (Å²) in [6, 6.07) is 15.6. The monoisotopic (exact) mass is 419 g/mol. The van der Waals surface area contributed by atoms with E-state index in [0.29, 0.717) is 22.9 Å². The molecule has 0 spiro atoms. The second-order valence-electron chi connectivity index (χ2n) is 7.60. The van der Waals surface area contributed by atoms with E-state index in [2.05, 4.69) is 37.2 Å². The molecule has 4 rings (SSSR count). The molecule has 0 aliphatic carbocycles. The molecule has 1 fully saturated rings. The van der Waals surface area contributed by atoms with Gasteiger partial charge in [-0.25, -0.2) is 4.68 Å². The number of aromatic nitrogens is 3. The van der Waals surface area contributed by atoms with Gasteiger partial charge in [-0.15, -0.1) is 10.2 Å². The van der Waals surface area contributed by atoms with Crippen LogP contribution in [-0.4, -0.2) is 57.1 Å². The van der Waals surface area contributed by atoms with Crippen molar-refractivity contribution in [2.75, 3.05) is 31.1 Å². The summed E-state index contributed by atoms with van der Waals surface area (Å²) in [5.41, 5.74) is 2.69. The van der Waals surface area contributed by atoms with Crippen molar-refractivity contribution in [3.8, 4) is 0 Å². The molecular formula is C22H25N7O2. The molecule has 160 valence electrons. The fourth-order valence-corrected chi connectivity index (χ4v) is 3.78. The number of aryl methyl sites for hydroxylation is 2. The van der Waals surface area contributed by atoms with E-state index in [-0.39, 0.29) is 10.6 Å². The van der Waals surface area contributed by atoms with Crippen molar-refractivity contribution in [3.05, 3.63) is 81.4 Å². The Morgan fingerprint density at radius 3 is 2.35 bits per heavy atom. The first kappa shape index (κ1) is 20.7. The number of nitro benzene ring substituents is 1. The van der Waals surface area contributed by atoms with Crippen molar-refractivity contribution in [2.24, 2.45) is 5.10 Å². The number of hydrogen-bond acceptors (Lipinski definition) is 7. The predicted octanol–water partition coefficient (Wildman–Crippen LogP) is 3.01. The van der Waals surface area contributed by atoms with E-state index in [0.717, 1.165) is 32.7 Å². The normalized spacial score (nSPS) is 15.0. The molecule has 0 radical (unpaired) electrons. The number of hydrogen-bond donors (Lipinski definition) is 0. The van der Waals surface area contributed by atoms with Gasteiger partial charge in [0, 0.05) is 44.4 Å². The Morgan fingerprint density at radius 1 is 1.03 bits per heavy atom. The highest BCUT2D eigenvalue weighted by molar-refractivity contribution is 5.83. The Kier molecular flexibility index (Phi) is 6.03. The Morgan fingerprint density at radius 2 is 1.71 bits per heavy atom. The molecule has 0 bridgehead atoms. The van der Waals surface area contributed by atoms with Gasteiger partial charge in [0.15, 0.2) is 11.6 Å². The van der Waals surface area contributed by atoms with E-state index in [4.69, 9.17) is 0 Å². The standard InChI is InChI=1S/C22H25N7O2/c1-17-24-25-18(2)28(17)23-15-20-8-9-21(22(14-20)29(30)31)27-12-10-26(11-13-27)16-19-6-4-3-5-7-19/h3-9,14-15H,10-13,16H2,1-2H3/b23-15+. The number of benzene rings is 2. The molecule has 1 aromatic heterocycles. The maximum atomic E-state index is 11.8. The Balaban J connectivity index is 1.47. The zero-order valence-electron chi connectivity index (χ0n) is 17.7. The largest absolute Gasteiger partial charge is 0.363 e. The van der Waals surface area contributed by atoms with E-state index in [1.807, 2.05) is 30.3 Å². The molecule has 9 nitrogen and oxygen atoms in total. The van der Waals surface area contributed by atoms with Crippen molar-refractivity contribution in [1.29, 1.82) is 0 Å². The van der Waals surface area contributed by atoms with Crippen LogP contribution in [0.5, 0.6) is 0 Å². The van der Waals surface area contributed by atoms with Crippen molar-refractivity contribution in [2.45, 2.75) is 20.4 Å². The first-order chi connectivity index (χ1) is 15.0. The van der Waals surface area contributed by atoms with Crippen LogP contribution in [0.25, 0.3) is 0 Å². The smallest absolute Gasteiger partial charge is 0.293 e. The molecule has 1 aliphatic heterocycles. The Bertz CT molecular complexity index is 1070. The molecule has 0 unspecified atom stereocenters. The topological polar surface area (TPSA) is 92.7 Å². The molecular weight excluding hydrogens is 394 g/mol. The number of anilines is 1. The van der Waals surface area contributed by atoms with Crippen LogP contribution in [0.2, 0.25) is 0 Å². The van der Waals surface area contributed by atoms with Crippen LogP contribution in [0.15, 0.2) is 53.6 Å². The second-order valence-corrected chi connectivity index (χ2v) is 7.60. The van der Waals surface area contributed by atoms with Crippen molar-refractivity contribution >= 4 is 17.6 Å². The van der Waals surface area contributed by atoms with Crippen LogP contribution in [-0.2, 0) is 6.54 Å². The van der Waals surface area contributed by atoms with Crippen molar-refractivity contribution in [3.63, 3.8) is 0 Å². The average molecular weight is 419 g/mol. The van der Waals surface area contributed by atoms with Gasteiger partial charge in [0.2, 0.25) is 0 Å². The first-order valence-corrected chi connectivity index (χ1v) is 10.2. The lowest BCUT2D eigenvalue weighted by atomic mass is 10.1. The quantitative estimate of drug-likeness (QED) is 0.346. The number of rotatable bonds is 6. The summed E-state index contributed by atoms with van der Waals surface area (Å²) in [5, 5.41) is 24.0. The van der Waals surface area contributed by atoms with Gasteiger partial charge in [-0.3, -0.25) is 15.0 Å². The second kappa shape index (κ2) is 9.05. The van der Waals surface area contributed by atoms with Crippen LogP contribution >= 0.6 is 0 Å². The molecule has 2 aromatic carbocycles. The molecule has 0 N–H and O–H groups in total. The van der Waals surface area contributed by atoms with Gasteiger partial charge < -0.3 is 4.90 Å². The molecule has 3 aromatic rings. The Labute approximate surface area is 180 Å². The predicted molar refractivity (Wildman–Crippen MR) is 120 cm³/mol. The van der Waals surface area contributed by atoms with Crippen LogP contribution in [0.4, 0.5) is 11.4 Å². The summed E-state index contributed by atoms with van der Waals surface area (Å²) in [6.45, 7) is 7.73. The molecule has 0 amide bonds. The van der Waals surface area contributed by atoms with Crippen LogP contribution in [0.1, 0.15) is 22.8 Å². The minimum Gasteiger partial charge on any atom is -0.363 e. The number of nitro groups is 1. The average Bonchev–Trinajstić information content (AvgIpc) is 3.10. The lowest BCUT2D eigenvalue weighted by molar-refractivity contribution is -0.384.